The van der Waals surface area contributed by atoms with Crippen LogP contribution >= 0.6 is 0 Å². The fourth-order valence-electron chi connectivity index (χ4n) is 2.41. The maximum absolute atomic E-state index is 12.3. The van der Waals surface area contributed by atoms with Crippen LogP contribution < -0.4 is 19.5 Å². The first-order chi connectivity index (χ1) is 11.8. The summed E-state index contributed by atoms with van der Waals surface area (Å²) in [6.45, 7) is 2.28. The van der Waals surface area contributed by atoms with E-state index in [0.29, 0.717) is 29.3 Å². The number of amides is 1. The molecule has 0 saturated heterocycles. The van der Waals surface area contributed by atoms with Gasteiger partial charge in [-0.25, -0.2) is 8.42 Å². The lowest BCUT2D eigenvalue weighted by Crippen LogP contribution is -2.23. The number of aryl methyl sites for hydroxylation is 1. The van der Waals surface area contributed by atoms with Crippen molar-refractivity contribution in [1.82, 2.24) is 5.32 Å². The summed E-state index contributed by atoms with van der Waals surface area (Å²) in [4.78, 5) is 12.3. The van der Waals surface area contributed by atoms with Gasteiger partial charge in [0.15, 0.2) is 11.5 Å². The van der Waals surface area contributed by atoms with Crippen LogP contribution in [0.3, 0.4) is 0 Å². The van der Waals surface area contributed by atoms with Crippen molar-refractivity contribution in [1.29, 1.82) is 0 Å². The Balaban J connectivity index is 1.70. The number of carbonyl (C=O) groups excluding carboxylic acids is 1. The number of fused-ring (bicyclic) bond motifs is 1. The predicted octanol–water partition coefficient (Wildman–Crippen LogP) is 2.03. The van der Waals surface area contributed by atoms with Gasteiger partial charge in [-0.05, 0) is 42.3 Å². The van der Waals surface area contributed by atoms with Gasteiger partial charge in [-0.1, -0.05) is 12.1 Å². The van der Waals surface area contributed by atoms with Gasteiger partial charge in [0.1, 0.15) is 0 Å². The zero-order valence-corrected chi connectivity index (χ0v) is 14.6. The standard InChI is InChI=1S/C17H18N2O5S/c1-11-3-5-13(8-14(11)19-25(2,21)22)17(20)18-9-12-4-6-15-16(7-12)24-10-23-15/h3-8,19H,9-10H2,1-2H3,(H,18,20). The van der Waals surface area contributed by atoms with Gasteiger partial charge in [-0.2, -0.15) is 0 Å². The number of benzene rings is 2. The number of hydrogen-bond donors (Lipinski definition) is 2. The number of ether oxygens (including phenoxy) is 2. The number of hydrogen-bond acceptors (Lipinski definition) is 5. The summed E-state index contributed by atoms with van der Waals surface area (Å²) in [6.07, 6.45) is 1.07. The molecular formula is C17H18N2O5S. The second kappa shape index (κ2) is 6.64. The molecule has 0 bridgehead atoms. The smallest absolute Gasteiger partial charge is 0.251 e. The van der Waals surface area contributed by atoms with Gasteiger partial charge in [0.2, 0.25) is 16.8 Å². The summed E-state index contributed by atoms with van der Waals surface area (Å²) in [5, 5.41) is 2.80. The summed E-state index contributed by atoms with van der Waals surface area (Å²) < 4.78 is 35.8. The Morgan fingerprint density at radius 3 is 2.64 bits per heavy atom. The second-order valence-corrected chi connectivity index (χ2v) is 7.52. The van der Waals surface area contributed by atoms with Gasteiger partial charge >= 0.3 is 0 Å². The minimum absolute atomic E-state index is 0.199. The van der Waals surface area contributed by atoms with Crippen LogP contribution in [-0.4, -0.2) is 27.4 Å². The molecule has 1 aliphatic rings. The Morgan fingerprint density at radius 1 is 1.12 bits per heavy atom. The first kappa shape index (κ1) is 17.1. The monoisotopic (exact) mass is 362 g/mol. The van der Waals surface area contributed by atoms with Crippen molar-refractivity contribution in [2.75, 3.05) is 17.8 Å². The molecule has 2 N–H and O–H groups in total. The highest BCUT2D eigenvalue weighted by Crippen LogP contribution is 2.32. The molecule has 0 fully saturated rings. The molecule has 2 aromatic rings. The highest BCUT2D eigenvalue weighted by Gasteiger charge is 2.14. The Hall–Kier alpha value is -2.74. The SMILES string of the molecule is Cc1ccc(C(=O)NCc2ccc3c(c2)OCO3)cc1NS(C)(=O)=O. The van der Waals surface area contributed by atoms with Crippen LogP contribution in [0.4, 0.5) is 5.69 Å². The lowest BCUT2D eigenvalue weighted by molar-refractivity contribution is 0.0951. The van der Waals surface area contributed by atoms with Gasteiger partial charge < -0.3 is 14.8 Å². The Labute approximate surface area is 146 Å². The van der Waals surface area contributed by atoms with Gasteiger partial charge in [0.25, 0.3) is 5.91 Å². The first-order valence-electron chi connectivity index (χ1n) is 7.57. The largest absolute Gasteiger partial charge is 0.454 e. The van der Waals surface area contributed by atoms with E-state index in [4.69, 9.17) is 9.47 Å². The minimum atomic E-state index is -3.41. The zero-order chi connectivity index (χ0) is 18.0. The molecule has 0 aliphatic carbocycles. The fraction of sp³-hybridized carbons (Fsp3) is 0.235. The van der Waals surface area contributed by atoms with Crippen molar-refractivity contribution in [3.05, 3.63) is 53.1 Å². The molecule has 0 unspecified atom stereocenters. The van der Waals surface area contributed by atoms with E-state index >= 15 is 0 Å². The lowest BCUT2D eigenvalue weighted by Gasteiger charge is -2.11. The third kappa shape index (κ3) is 4.21. The highest BCUT2D eigenvalue weighted by atomic mass is 32.2. The topological polar surface area (TPSA) is 93.7 Å². The molecule has 1 heterocycles. The van der Waals surface area contributed by atoms with Crippen LogP contribution in [0.2, 0.25) is 0 Å². The molecule has 1 amide bonds. The molecule has 132 valence electrons. The van der Waals surface area contributed by atoms with Crippen molar-refractivity contribution in [3.8, 4) is 11.5 Å². The van der Waals surface area contributed by atoms with Crippen molar-refractivity contribution in [2.24, 2.45) is 0 Å². The summed E-state index contributed by atoms with van der Waals surface area (Å²) in [7, 11) is -3.41. The molecule has 1 aliphatic heterocycles. The van der Waals surface area contributed by atoms with Crippen molar-refractivity contribution in [3.63, 3.8) is 0 Å². The van der Waals surface area contributed by atoms with Crippen LogP contribution in [0, 0.1) is 6.92 Å². The molecular weight excluding hydrogens is 344 g/mol. The number of nitrogens with one attached hydrogen (secondary N) is 2. The summed E-state index contributed by atoms with van der Waals surface area (Å²) in [5.41, 5.74) is 2.37. The van der Waals surface area contributed by atoms with E-state index < -0.39 is 10.0 Å². The quantitative estimate of drug-likeness (QED) is 0.849. The minimum Gasteiger partial charge on any atom is -0.454 e. The summed E-state index contributed by atoms with van der Waals surface area (Å²) >= 11 is 0. The third-order valence-corrected chi connectivity index (χ3v) is 4.28. The van der Waals surface area contributed by atoms with E-state index in [1.165, 1.54) is 6.07 Å². The third-order valence-electron chi connectivity index (χ3n) is 3.69. The van der Waals surface area contributed by atoms with Crippen LogP contribution in [-0.2, 0) is 16.6 Å². The van der Waals surface area contributed by atoms with Gasteiger partial charge in [-0.15, -0.1) is 0 Å². The molecule has 2 aromatic carbocycles. The van der Waals surface area contributed by atoms with E-state index in [1.807, 2.05) is 12.1 Å². The maximum atomic E-state index is 12.3. The molecule has 3 rings (SSSR count). The molecule has 0 radical (unpaired) electrons. The lowest BCUT2D eigenvalue weighted by atomic mass is 10.1. The normalized spacial score (nSPS) is 12.7. The van der Waals surface area contributed by atoms with Gasteiger partial charge in [0, 0.05) is 12.1 Å². The number of carbonyl (C=O) groups is 1. The van der Waals surface area contributed by atoms with Crippen LogP contribution in [0.25, 0.3) is 0 Å². The van der Waals surface area contributed by atoms with Gasteiger partial charge in [-0.3, -0.25) is 9.52 Å². The van der Waals surface area contributed by atoms with E-state index in [1.54, 1.807) is 25.1 Å². The highest BCUT2D eigenvalue weighted by molar-refractivity contribution is 7.92. The average Bonchev–Trinajstić information content (AvgIpc) is 3.01. The molecule has 0 spiro atoms. The molecule has 0 saturated carbocycles. The van der Waals surface area contributed by atoms with Crippen molar-refractivity contribution >= 4 is 21.6 Å². The first-order valence-corrected chi connectivity index (χ1v) is 9.46. The number of anilines is 1. The van der Waals surface area contributed by atoms with Crippen LogP contribution in [0.1, 0.15) is 21.5 Å². The number of rotatable bonds is 5. The fourth-order valence-corrected chi connectivity index (χ4v) is 3.03. The van der Waals surface area contributed by atoms with Crippen LogP contribution in [0.5, 0.6) is 11.5 Å². The van der Waals surface area contributed by atoms with E-state index in [0.717, 1.165) is 17.4 Å². The summed E-state index contributed by atoms with van der Waals surface area (Å²) in [6, 6.07) is 10.3. The van der Waals surface area contributed by atoms with E-state index in [2.05, 4.69) is 10.0 Å². The zero-order valence-electron chi connectivity index (χ0n) is 13.8. The molecule has 0 atom stereocenters. The summed E-state index contributed by atoms with van der Waals surface area (Å²) in [5.74, 6) is 1.04. The van der Waals surface area contributed by atoms with E-state index in [-0.39, 0.29) is 12.7 Å². The Kier molecular flexibility index (Phi) is 4.54. The molecule has 25 heavy (non-hydrogen) atoms. The van der Waals surface area contributed by atoms with Crippen molar-refractivity contribution < 1.29 is 22.7 Å². The number of sulfonamides is 1. The van der Waals surface area contributed by atoms with Crippen LogP contribution in [0.15, 0.2) is 36.4 Å². The molecule has 0 aromatic heterocycles. The Morgan fingerprint density at radius 2 is 1.88 bits per heavy atom. The molecule has 8 heteroatoms. The maximum Gasteiger partial charge on any atom is 0.251 e. The molecule has 7 nitrogen and oxygen atoms in total. The van der Waals surface area contributed by atoms with Crippen molar-refractivity contribution in [2.45, 2.75) is 13.5 Å². The second-order valence-electron chi connectivity index (χ2n) is 5.77. The van der Waals surface area contributed by atoms with Gasteiger partial charge in [0.05, 0.1) is 11.9 Å². The Bertz CT molecular complexity index is 925. The average molecular weight is 362 g/mol. The predicted molar refractivity (Wildman–Crippen MR) is 93.4 cm³/mol. The van der Waals surface area contributed by atoms with E-state index in [9.17, 15) is 13.2 Å².